The zero-order valence-corrected chi connectivity index (χ0v) is 18.5. The van der Waals surface area contributed by atoms with Gasteiger partial charge in [0, 0.05) is 31.8 Å². The van der Waals surface area contributed by atoms with E-state index >= 15 is 0 Å². The van der Waals surface area contributed by atoms with Gasteiger partial charge in [0.05, 0.1) is 12.2 Å². The van der Waals surface area contributed by atoms with Crippen molar-refractivity contribution in [2.45, 2.75) is 51.7 Å². The third kappa shape index (κ3) is 6.62. The van der Waals surface area contributed by atoms with Crippen LogP contribution in [0.2, 0.25) is 0 Å². The van der Waals surface area contributed by atoms with E-state index in [1.807, 2.05) is 37.3 Å². The van der Waals surface area contributed by atoms with Crippen LogP contribution in [0.25, 0.3) is 0 Å². The SMILES string of the molecule is CCCC1CN(CCCNc2ccc(CC(OCC)C(=O)O)cc2)c2ccccc2O1. The number of para-hydroxylation sites is 2. The van der Waals surface area contributed by atoms with Gasteiger partial charge in [0.25, 0.3) is 0 Å². The highest BCUT2D eigenvalue weighted by Gasteiger charge is 2.24. The third-order valence-electron chi connectivity index (χ3n) is 5.49. The number of carboxylic acid groups (broad SMARTS) is 1. The van der Waals surface area contributed by atoms with Crippen LogP contribution < -0.4 is 15.0 Å². The summed E-state index contributed by atoms with van der Waals surface area (Å²) in [6, 6.07) is 16.2. The number of aliphatic carboxylic acids is 1. The molecule has 6 heteroatoms. The largest absolute Gasteiger partial charge is 0.486 e. The van der Waals surface area contributed by atoms with Crippen LogP contribution in [0.4, 0.5) is 11.4 Å². The van der Waals surface area contributed by atoms with Gasteiger partial charge in [-0.2, -0.15) is 0 Å². The van der Waals surface area contributed by atoms with Gasteiger partial charge in [-0.15, -0.1) is 0 Å². The van der Waals surface area contributed by atoms with E-state index in [1.165, 1.54) is 5.69 Å². The van der Waals surface area contributed by atoms with Crippen molar-refractivity contribution >= 4 is 17.3 Å². The van der Waals surface area contributed by atoms with Gasteiger partial charge in [0.1, 0.15) is 11.9 Å². The predicted octanol–water partition coefficient (Wildman–Crippen LogP) is 4.59. The minimum atomic E-state index is -0.921. The highest BCUT2D eigenvalue weighted by Crippen LogP contribution is 2.34. The molecule has 2 N–H and O–H groups in total. The number of fused-ring (bicyclic) bond motifs is 1. The van der Waals surface area contributed by atoms with Crippen LogP contribution >= 0.6 is 0 Å². The molecule has 6 nitrogen and oxygen atoms in total. The minimum absolute atomic E-state index is 0.256. The highest BCUT2D eigenvalue weighted by molar-refractivity contribution is 5.72. The number of benzene rings is 2. The van der Waals surface area contributed by atoms with Gasteiger partial charge in [-0.05, 0) is 49.6 Å². The summed E-state index contributed by atoms with van der Waals surface area (Å²) in [6.07, 6.45) is 3.04. The van der Waals surface area contributed by atoms with Crippen LogP contribution in [-0.2, 0) is 16.0 Å². The first-order valence-corrected chi connectivity index (χ1v) is 11.3. The summed E-state index contributed by atoms with van der Waals surface area (Å²) >= 11 is 0. The molecule has 168 valence electrons. The maximum atomic E-state index is 11.3. The number of hydrogen-bond acceptors (Lipinski definition) is 5. The summed E-state index contributed by atoms with van der Waals surface area (Å²) in [4.78, 5) is 13.7. The zero-order chi connectivity index (χ0) is 22.1. The molecule has 0 bridgehead atoms. The zero-order valence-electron chi connectivity index (χ0n) is 18.5. The van der Waals surface area contributed by atoms with Gasteiger partial charge in [0.2, 0.25) is 0 Å². The van der Waals surface area contributed by atoms with E-state index in [2.05, 4.69) is 35.3 Å². The molecule has 1 aliphatic heterocycles. The fourth-order valence-electron chi connectivity index (χ4n) is 3.96. The molecular weight excluding hydrogens is 392 g/mol. The first-order chi connectivity index (χ1) is 15.1. The topological polar surface area (TPSA) is 71.0 Å². The van der Waals surface area contributed by atoms with E-state index in [0.717, 1.165) is 55.9 Å². The fraction of sp³-hybridized carbons (Fsp3) is 0.480. The maximum Gasteiger partial charge on any atom is 0.333 e. The number of ether oxygens (including phenoxy) is 2. The predicted molar refractivity (Wildman–Crippen MR) is 124 cm³/mol. The second-order valence-corrected chi connectivity index (χ2v) is 7.91. The summed E-state index contributed by atoms with van der Waals surface area (Å²) in [5, 5.41) is 12.7. The second-order valence-electron chi connectivity index (χ2n) is 7.91. The number of nitrogens with zero attached hydrogens (tertiary/aromatic N) is 1. The summed E-state index contributed by atoms with van der Waals surface area (Å²) in [5.74, 6) is 0.0670. The Morgan fingerprint density at radius 2 is 2.00 bits per heavy atom. The first kappa shape index (κ1) is 22.9. The van der Waals surface area contributed by atoms with E-state index < -0.39 is 12.1 Å². The second kappa shape index (κ2) is 11.6. The van der Waals surface area contributed by atoms with Crippen LogP contribution in [0.3, 0.4) is 0 Å². The monoisotopic (exact) mass is 426 g/mol. The highest BCUT2D eigenvalue weighted by atomic mass is 16.5. The van der Waals surface area contributed by atoms with Gasteiger partial charge in [-0.3, -0.25) is 0 Å². The van der Waals surface area contributed by atoms with E-state index in [0.29, 0.717) is 13.0 Å². The lowest BCUT2D eigenvalue weighted by Gasteiger charge is -2.36. The van der Waals surface area contributed by atoms with Crippen molar-refractivity contribution < 1.29 is 19.4 Å². The molecule has 0 amide bonds. The van der Waals surface area contributed by atoms with Gasteiger partial charge in [-0.25, -0.2) is 4.79 Å². The number of hydrogen-bond donors (Lipinski definition) is 2. The van der Waals surface area contributed by atoms with Crippen LogP contribution in [-0.4, -0.2) is 49.5 Å². The van der Waals surface area contributed by atoms with E-state index in [1.54, 1.807) is 0 Å². The summed E-state index contributed by atoms with van der Waals surface area (Å²) in [7, 11) is 0. The van der Waals surface area contributed by atoms with Crippen molar-refractivity contribution in [3.05, 3.63) is 54.1 Å². The summed E-state index contributed by atoms with van der Waals surface area (Å²) in [6.45, 7) is 7.17. The van der Waals surface area contributed by atoms with Gasteiger partial charge in [-0.1, -0.05) is 37.6 Å². The van der Waals surface area contributed by atoms with Crippen LogP contribution in [0.5, 0.6) is 5.75 Å². The molecule has 2 aromatic carbocycles. The molecule has 1 aliphatic rings. The molecule has 0 fully saturated rings. The molecule has 0 saturated heterocycles. The van der Waals surface area contributed by atoms with Crippen LogP contribution in [0, 0.1) is 0 Å². The lowest BCUT2D eigenvalue weighted by Crippen LogP contribution is -2.40. The molecule has 1 heterocycles. The van der Waals surface area contributed by atoms with E-state index in [9.17, 15) is 9.90 Å². The van der Waals surface area contributed by atoms with Crippen molar-refractivity contribution in [3.8, 4) is 5.75 Å². The summed E-state index contributed by atoms with van der Waals surface area (Å²) < 4.78 is 11.4. The van der Waals surface area contributed by atoms with Gasteiger partial charge in [0.15, 0.2) is 6.10 Å². The Kier molecular flexibility index (Phi) is 8.59. The molecular formula is C25H34N2O4. The molecule has 2 atom stereocenters. The fourth-order valence-corrected chi connectivity index (χ4v) is 3.96. The Morgan fingerprint density at radius 3 is 2.71 bits per heavy atom. The number of carbonyl (C=O) groups is 1. The van der Waals surface area contributed by atoms with Crippen LogP contribution in [0.1, 0.15) is 38.7 Å². The Hall–Kier alpha value is -2.73. The maximum absolute atomic E-state index is 11.3. The molecule has 0 spiro atoms. The Bertz CT molecular complexity index is 825. The summed E-state index contributed by atoms with van der Waals surface area (Å²) in [5.41, 5.74) is 3.18. The molecule has 0 aromatic heterocycles. The standard InChI is InChI=1S/C25H34N2O4/c1-3-8-21-18-27(22-9-5-6-10-23(22)31-21)16-7-15-26-20-13-11-19(12-14-20)17-24(25(28)29)30-4-2/h5-6,9-14,21,24,26H,3-4,7-8,15-18H2,1-2H3,(H,28,29). The molecule has 2 aromatic rings. The number of rotatable bonds is 12. The lowest BCUT2D eigenvalue weighted by atomic mass is 10.1. The Balaban J connectivity index is 1.48. The van der Waals surface area contributed by atoms with Gasteiger partial charge < -0.3 is 24.8 Å². The average Bonchev–Trinajstić information content (AvgIpc) is 2.77. The normalized spacial score (nSPS) is 16.3. The van der Waals surface area contributed by atoms with E-state index in [-0.39, 0.29) is 6.10 Å². The Labute approximate surface area is 185 Å². The van der Waals surface area contributed by atoms with Crippen molar-refractivity contribution in [2.75, 3.05) is 36.5 Å². The number of nitrogens with one attached hydrogen (secondary N) is 1. The third-order valence-corrected chi connectivity index (χ3v) is 5.49. The molecule has 0 aliphatic carbocycles. The lowest BCUT2D eigenvalue weighted by molar-refractivity contribution is -0.149. The smallest absolute Gasteiger partial charge is 0.333 e. The van der Waals surface area contributed by atoms with Crippen LogP contribution in [0.15, 0.2) is 48.5 Å². The van der Waals surface area contributed by atoms with Gasteiger partial charge >= 0.3 is 5.97 Å². The molecule has 31 heavy (non-hydrogen) atoms. The quantitative estimate of drug-likeness (QED) is 0.484. The average molecular weight is 427 g/mol. The molecule has 0 radical (unpaired) electrons. The number of anilines is 2. The molecule has 3 rings (SSSR count). The Morgan fingerprint density at radius 1 is 1.23 bits per heavy atom. The van der Waals surface area contributed by atoms with Crippen molar-refractivity contribution in [3.63, 3.8) is 0 Å². The van der Waals surface area contributed by atoms with E-state index in [4.69, 9.17) is 9.47 Å². The van der Waals surface area contributed by atoms with Crippen molar-refractivity contribution in [1.29, 1.82) is 0 Å². The first-order valence-electron chi connectivity index (χ1n) is 11.3. The molecule has 2 unspecified atom stereocenters. The number of carboxylic acids is 1. The van der Waals surface area contributed by atoms with Crippen molar-refractivity contribution in [1.82, 2.24) is 0 Å². The minimum Gasteiger partial charge on any atom is -0.486 e. The molecule has 0 saturated carbocycles. The van der Waals surface area contributed by atoms with Crippen molar-refractivity contribution in [2.24, 2.45) is 0 Å².